The van der Waals surface area contributed by atoms with Crippen LogP contribution in [0.5, 0.6) is 0 Å². The normalized spacial score (nSPS) is 24.9. The van der Waals surface area contributed by atoms with Gasteiger partial charge in [0.2, 0.25) is 5.91 Å². The fourth-order valence-corrected chi connectivity index (χ4v) is 3.42. The van der Waals surface area contributed by atoms with Gasteiger partial charge < -0.3 is 5.32 Å². The molecule has 1 atom stereocenters. The number of rotatable bonds is 4. The van der Waals surface area contributed by atoms with Crippen molar-refractivity contribution < 1.29 is 4.79 Å². The highest BCUT2D eigenvalue weighted by Crippen LogP contribution is 2.44. The van der Waals surface area contributed by atoms with Crippen molar-refractivity contribution in [2.24, 2.45) is 5.41 Å². The van der Waals surface area contributed by atoms with Gasteiger partial charge in [-0.05, 0) is 58.5 Å². The predicted molar refractivity (Wildman–Crippen MR) is 85.8 cm³/mol. The maximum atomic E-state index is 13.1. The molecule has 1 fully saturated rings. The lowest BCUT2D eigenvalue weighted by Gasteiger charge is -2.48. The summed E-state index contributed by atoms with van der Waals surface area (Å²) < 4.78 is 0. The van der Waals surface area contributed by atoms with Gasteiger partial charge in [-0.1, -0.05) is 34.1 Å². The number of hydrogen-bond acceptors (Lipinski definition) is 2. The van der Waals surface area contributed by atoms with Crippen molar-refractivity contribution in [2.45, 2.75) is 85.2 Å². The molecule has 0 unspecified atom stereocenters. The summed E-state index contributed by atoms with van der Waals surface area (Å²) in [5, 5.41) is 3.23. The fraction of sp³-hybridized carbons (Fsp3) is 0.941. The maximum Gasteiger partial charge on any atom is 0.241 e. The first kappa shape index (κ1) is 17.5. The highest BCUT2D eigenvalue weighted by Gasteiger charge is 2.55. The number of amides is 1. The van der Waals surface area contributed by atoms with E-state index < -0.39 is 0 Å². The molecule has 0 aromatic heterocycles. The van der Waals surface area contributed by atoms with Crippen molar-refractivity contribution in [2.75, 3.05) is 13.1 Å². The van der Waals surface area contributed by atoms with Gasteiger partial charge in [0.05, 0.1) is 0 Å². The Hall–Kier alpha value is -0.570. The van der Waals surface area contributed by atoms with Gasteiger partial charge >= 0.3 is 0 Å². The van der Waals surface area contributed by atoms with E-state index in [1.54, 1.807) is 0 Å². The lowest BCUT2D eigenvalue weighted by molar-refractivity contribution is -0.140. The van der Waals surface area contributed by atoms with Gasteiger partial charge in [0.1, 0.15) is 5.54 Å². The van der Waals surface area contributed by atoms with Crippen LogP contribution in [0.4, 0.5) is 0 Å². The van der Waals surface area contributed by atoms with E-state index in [1.807, 2.05) is 0 Å². The smallest absolute Gasteiger partial charge is 0.241 e. The quantitative estimate of drug-likeness (QED) is 0.854. The molecule has 1 rings (SSSR count). The highest BCUT2D eigenvalue weighted by molar-refractivity contribution is 5.88. The van der Waals surface area contributed by atoms with Crippen molar-refractivity contribution in [3.63, 3.8) is 0 Å². The topological polar surface area (TPSA) is 32.3 Å². The fourth-order valence-electron chi connectivity index (χ4n) is 3.42. The van der Waals surface area contributed by atoms with Crippen LogP contribution in [0.15, 0.2) is 0 Å². The van der Waals surface area contributed by atoms with Crippen LogP contribution in [0.3, 0.4) is 0 Å². The summed E-state index contributed by atoms with van der Waals surface area (Å²) in [5.41, 5.74) is -0.573. The molecule has 0 aromatic rings. The SMILES string of the molecule is CCCCN1CCC[C@]1(C(=O)NC(C)(C)C)C(C)(C)C. The second-order valence-electron chi connectivity index (χ2n) is 8.26. The van der Waals surface area contributed by atoms with Crippen molar-refractivity contribution in [1.29, 1.82) is 0 Å². The van der Waals surface area contributed by atoms with Crippen LogP contribution in [0, 0.1) is 5.41 Å². The van der Waals surface area contributed by atoms with Crippen LogP contribution in [0.25, 0.3) is 0 Å². The highest BCUT2D eigenvalue weighted by atomic mass is 16.2. The van der Waals surface area contributed by atoms with Crippen LogP contribution < -0.4 is 5.32 Å². The minimum atomic E-state index is -0.352. The Labute approximate surface area is 125 Å². The third kappa shape index (κ3) is 3.55. The van der Waals surface area contributed by atoms with Gasteiger partial charge in [0, 0.05) is 5.54 Å². The first-order valence-electron chi connectivity index (χ1n) is 8.12. The molecule has 1 aliphatic rings. The molecule has 0 saturated carbocycles. The van der Waals surface area contributed by atoms with Crippen molar-refractivity contribution in [3.8, 4) is 0 Å². The van der Waals surface area contributed by atoms with E-state index in [2.05, 4.69) is 58.7 Å². The number of hydrogen-bond donors (Lipinski definition) is 1. The summed E-state index contributed by atoms with van der Waals surface area (Å²) in [6, 6.07) is 0. The van der Waals surface area contributed by atoms with E-state index in [9.17, 15) is 4.79 Å². The Morgan fingerprint density at radius 2 is 1.80 bits per heavy atom. The van der Waals surface area contributed by atoms with E-state index in [1.165, 1.54) is 12.8 Å². The van der Waals surface area contributed by atoms with Gasteiger partial charge in [-0.2, -0.15) is 0 Å². The molecule has 0 bridgehead atoms. The van der Waals surface area contributed by atoms with Gasteiger partial charge in [0.25, 0.3) is 0 Å². The standard InChI is InChI=1S/C17H34N2O/c1-8-9-12-19-13-10-11-17(19,15(2,3)4)14(20)18-16(5,6)7/h8-13H2,1-7H3,(H,18,20)/t17-/m0/s1. The molecule has 3 nitrogen and oxygen atoms in total. The van der Waals surface area contributed by atoms with Crippen LogP contribution in [-0.2, 0) is 4.79 Å². The van der Waals surface area contributed by atoms with E-state index in [0.29, 0.717) is 0 Å². The zero-order chi connectivity index (χ0) is 15.6. The molecule has 1 aliphatic heterocycles. The van der Waals surface area contributed by atoms with Gasteiger partial charge in [-0.3, -0.25) is 9.69 Å². The van der Waals surface area contributed by atoms with Crippen molar-refractivity contribution >= 4 is 5.91 Å². The second-order valence-corrected chi connectivity index (χ2v) is 8.26. The predicted octanol–water partition coefficient (Wildman–Crippen LogP) is 3.58. The number of carbonyl (C=O) groups is 1. The lowest BCUT2D eigenvalue weighted by atomic mass is 9.70. The first-order valence-corrected chi connectivity index (χ1v) is 8.12. The van der Waals surface area contributed by atoms with Gasteiger partial charge in [-0.15, -0.1) is 0 Å². The first-order chi connectivity index (χ1) is 9.04. The van der Waals surface area contributed by atoms with E-state index >= 15 is 0 Å². The van der Waals surface area contributed by atoms with Crippen LogP contribution in [0.1, 0.15) is 74.1 Å². The summed E-state index contributed by atoms with van der Waals surface area (Å²) in [5.74, 6) is 0.214. The zero-order valence-corrected chi connectivity index (χ0v) is 14.6. The summed E-state index contributed by atoms with van der Waals surface area (Å²) in [6.07, 6.45) is 4.44. The molecule has 118 valence electrons. The van der Waals surface area contributed by atoms with Crippen LogP contribution in [-0.4, -0.2) is 35.0 Å². The zero-order valence-electron chi connectivity index (χ0n) is 14.6. The second kappa shape index (κ2) is 6.05. The van der Waals surface area contributed by atoms with Gasteiger partial charge in [0.15, 0.2) is 0 Å². The Morgan fingerprint density at radius 3 is 2.25 bits per heavy atom. The van der Waals surface area contributed by atoms with Crippen LogP contribution in [0.2, 0.25) is 0 Å². The van der Waals surface area contributed by atoms with Crippen LogP contribution >= 0.6 is 0 Å². The maximum absolute atomic E-state index is 13.1. The average Bonchev–Trinajstić information content (AvgIpc) is 2.67. The number of nitrogens with zero attached hydrogens (tertiary/aromatic N) is 1. The third-order valence-electron chi connectivity index (χ3n) is 4.39. The average molecular weight is 282 g/mol. The molecule has 3 heteroatoms. The molecule has 1 amide bonds. The molecule has 0 spiro atoms. The number of nitrogens with one attached hydrogen (secondary N) is 1. The molecule has 1 saturated heterocycles. The molecule has 1 N–H and O–H groups in total. The summed E-state index contributed by atoms with van der Waals surface area (Å²) >= 11 is 0. The van der Waals surface area contributed by atoms with E-state index in [4.69, 9.17) is 0 Å². The van der Waals surface area contributed by atoms with Crippen molar-refractivity contribution in [3.05, 3.63) is 0 Å². The Bertz CT molecular complexity index is 338. The minimum Gasteiger partial charge on any atom is -0.350 e. The molecule has 0 aliphatic carbocycles. The molecule has 1 heterocycles. The third-order valence-corrected chi connectivity index (χ3v) is 4.39. The summed E-state index contributed by atoms with van der Waals surface area (Å²) in [4.78, 5) is 15.5. The van der Waals surface area contributed by atoms with Crippen molar-refractivity contribution in [1.82, 2.24) is 10.2 Å². The Kier molecular flexibility index (Phi) is 5.29. The molecular weight excluding hydrogens is 248 g/mol. The molecule has 0 radical (unpaired) electrons. The summed E-state index contributed by atoms with van der Waals surface area (Å²) in [6.45, 7) is 17.1. The monoisotopic (exact) mass is 282 g/mol. The number of likely N-dealkylation sites (tertiary alicyclic amines) is 1. The Morgan fingerprint density at radius 1 is 1.20 bits per heavy atom. The molecular formula is C17H34N2O. The number of carbonyl (C=O) groups excluding carboxylic acids is 1. The molecule has 0 aromatic carbocycles. The summed E-state index contributed by atoms with van der Waals surface area (Å²) in [7, 11) is 0. The van der Waals surface area contributed by atoms with E-state index in [0.717, 1.165) is 25.9 Å². The largest absolute Gasteiger partial charge is 0.350 e. The van der Waals surface area contributed by atoms with Gasteiger partial charge in [-0.25, -0.2) is 0 Å². The lowest BCUT2D eigenvalue weighted by Crippen LogP contribution is -2.65. The Balaban J connectivity index is 3.06. The van der Waals surface area contributed by atoms with E-state index in [-0.39, 0.29) is 22.4 Å². The molecule has 20 heavy (non-hydrogen) atoms. The minimum absolute atomic E-state index is 0.0490. The number of unbranched alkanes of at least 4 members (excludes halogenated alkanes) is 1.